The first-order chi connectivity index (χ1) is 10.3. The van der Waals surface area contributed by atoms with Gasteiger partial charge in [0, 0.05) is 29.8 Å². The Hall–Kier alpha value is -1.10. The van der Waals surface area contributed by atoms with Crippen LogP contribution in [0.1, 0.15) is 70.0 Å². The minimum Gasteiger partial charge on any atom is -0.444 e. The molecular formula is C17H26N2O2S. The van der Waals surface area contributed by atoms with E-state index in [2.05, 4.69) is 12.3 Å². The molecule has 5 heteroatoms. The molecule has 0 bridgehead atoms. The first-order valence-corrected chi connectivity index (χ1v) is 9.09. The molecular weight excluding hydrogens is 296 g/mol. The van der Waals surface area contributed by atoms with E-state index >= 15 is 0 Å². The zero-order valence-electron chi connectivity index (χ0n) is 14.0. The lowest BCUT2D eigenvalue weighted by Crippen LogP contribution is -2.45. The van der Waals surface area contributed by atoms with Gasteiger partial charge in [-0.1, -0.05) is 6.92 Å². The zero-order valence-corrected chi connectivity index (χ0v) is 14.8. The number of ether oxygens (including phenoxy) is 1. The van der Waals surface area contributed by atoms with Crippen LogP contribution in [0.5, 0.6) is 0 Å². The highest BCUT2D eigenvalue weighted by Crippen LogP contribution is 2.44. The van der Waals surface area contributed by atoms with Gasteiger partial charge in [-0.2, -0.15) is 0 Å². The molecule has 1 aromatic heterocycles. The summed E-state index contributed by atoms with van der Waals surface area (Å²) in [6, 6.07) is 0. The standard InChI is InChI=1S/C17H26N2O2S/c1-16(2,3)21-15(20)19-9-7-17(4,8-10-19)13-11-22-14(18-13)12-5-6-12/h11-12H,5-10H2,1-4H3. The Morgan fingerprint density at radius 1 is 1.36 bits per heavy atom. The Morgan fingerprint density at radius 3 is 2.55 bits per heavy atom. The largest absolute Gasteiger partial charge is 0.444 e. The Bertz CT molecular complexity index is 549. The van der Waals surface area contributed by atoms with Gasteiger partial charge in [-0.25, -0.2) is 9.78 Å². The van der Waals surface area contributed by atoms with Gasteiger partial charge in [0.2, 0.25) is 0 Å². The monoisotopic (exact) mass is 322 g/mol. The summed E-state index contributed by atoms with van der Waals surface area (Å²) in [4.78, 5) is 18.9. The van der Waals surface area contributed by atoms with Gasteiger partial charge in [-0.3, -0.25) is 0 Å². The summed E-state index contributed by atoms with van der Waals surface area (Å²) in [5.74, 6) is 0.726. The molecule has 4 nitrogen and oxygen atoms in total. The minimum atomic E-state index is -0.425. The van der Waals surface area contributed by atoms with E-state index in [0.717, 1.165) is 31.8 Å². The molecule has 0 spiro atoms. The summed E-state index contributed by atoms with van der Waals surface area (Å²) in [5.41, 5.74) is 0.900. The second-order valence-electron chi connectivity index (χ2n) is 7.87. The molecule has 0 unspecified atom stereocenters. The maximum Gasteiger partial charge on any atom is 0.410 e. The molecule has 1 aliphatic heterocycles. The first kappa shape index (κ1) is 15.8. The summed E-state index contributed by atoms with van der Waals surface area (Å²) in [7, 11) is 0. The van der Waals surface area contributed by atoms with E-state index in [-0.39, 0.29) is 11.5 Å². The van der Waals surface area contributed by atoms with Crippen LogP contribution in [0.3, 0.4) is 0 Å². The summed E-state index contributed by atoms with van der Waals surface area (Å²) in [5, 5.41) is 3.54. The number of aromatic nitrogens is 1. The summed E-state index contributed by atoms with van der Waals surface area (Å²) < 4.78 is 5.47. The number of thiazole rings is 1. The number of carbonyl (C=O) groups excluding carboxylic acids is 1. The first-order valence-electron chi connectivity index (χ1n) is 8.21. The van der Waals surface area contributed by atoms with E-state index in [1.807, 2.05) is 37.0 Å². The molecule has 1 amide bonds. The van der Waals surface area contributed by atoms with Gasteiger partial charge in [-0.05, 0) is 46.5 Å². The maximum absolute atomic E-state index is 12.2. The third-order valence-corrected chi connectivity index (χ3v) is 5.59. The van der Waals surface area contributed by atoms with Gasteiger partial charge in [0.05, 0.1) is 10.7 Å². The van der Waals surface area contributed by atoms with Crippen molar-refractivity contribution in [3.8, 4) is 0 Å². The molecule has 0 aromatic carbocycles. The van der Waals surface area contributed by atoms with Gasteiger partial charge in [0.25, 0.3) is 0 Å². The molecule has 1 aliphatic carbocycles. The average Bonchev–Trinajstić information content (AvgIpc) is 3.14. The predicted octanol–water partition coefficient (Wildman–Crippen LogP) is 4.31. The van der Waals surface area contributed by atoms with Crippen LogP contribution in [-0.2, 0) is 10.2 Å². The topological polar surface area (TPSA) is 42.4 Å². The van der Waals surface area contributed by atoms with E-state index in [1.165, 1.54) is 23.5 Å². The van der Waals surface area contributed by atoms with Crippen LogP contribution in [0, 0.1) is 0 Å². The predicted molar refractivity (Wildman–Crippen MR) is 88.5 cm³/mol. The van der Waals surface area contributed by atoms with Crippen LogP contribution >= 0.6 is 11.3 Å². The number of likely N-dealkylation sites (tertiary alicyclic amines) is 1. The normalized spacial score (nSPS) is 21.7. The van der Waals surface area contributed by atoms with Crippen LogP contribution in [0.4, 0.5) is 4.79 Å². The highest BCUT2D eigenvalue weighted by atomic mass is 32.1. The molecule has 0 radical (unpaired) electrons. The van der Waals surface area contributed by atoms with Crippen molar-refractivity contribution in [3.63, 3.8) is 0 Å². The Morgan fingerprint density at radius 2 is 2.00 bits per heavy atom. The van der Waals surface area contributed by atoms with E-state index in [0.29, 0.717) is 0 Å². The number of carbonyl (C=O) groups is 1. The quantitative estimate of drug-likeness (QED) is 0.815. The number of hydrogen-bond donors (Lipinski definition) is 0. The van der Waals surface area contributed by atoms with Gasteiger partial charge >= 0.3 is 6.09 Å². The Balaban J connectivity index is 1.61. The fourth-order valence-electron chi connectivity index (χ4n) is 2.85. The summed E-state index contributed by atoms with van der Waals surface area (Å²) in [6.45, 7) is 9.52. The molecule has 0 N–H and O–H groups in total. The number of rotatable bonds is 2. The molecule has 2 aliphatic rings. The van der Waals surface area contributed by atoms with E-state index in [4.69, 9.17) is 9.72 Å². The SMILES string of the molecule is CC(C)(C)OC(=O)N1CCC(C)(c2csc(C3CC3)n2)CC1. The van der Waals surface area contributed by atoms with Gasteiger partial charge in [-0.15, -0.1) is 11.3 Å². The summed E-state index contributed by atoms with van der Waals surface area (Å²) >= 11 is 1.81. The summed E-state index contributed by atoms with van der Waals surface area (Å²) in [6.07, 6.45) is 4.33. The third-order valence-electron chi connectivity index (χ3n) is 4.59. The van der Waals surface area contributed by atoms with Crippen molar-refractivity contribution < 1.29 is 9.53 Å². The second-order valence-corrected chi connectivity index (χ2v) is 8.76. The van der Waals surface area contributed by atoms with Crippen molar-refractivity contribution in [2.75, 3.05) is 13.1 Å². The van der Waals surface area contributed by atoms with E-state index in [1.54, 1.807) is 0 Å². The number of amides is 1. The van der Waals surface area contributed by atoms with Gasteiger partial charge in [0.15, 0.2) is 0 Å². The van der Waals surface area contributed by atoms with Crippen molar-refractivity contribution in [1.29, 1.82) is 0 Å². The average molecular weight is 322 g/mol. The van der Waals surface area contributed by atoms with Crippen molar-refractivity contribution in [2.45, 2.75) is 70.3 Å². The van der Waals surface area contributed by atoms with Crippen molar-refractivity contribution >= 4 is 17.4 Å². The number of nitrogens with zero attached hydrogens (tertiary/aromatic N) is 2. The van der Waals surface area contributed by atoms with Gasteiger partial charge < -0.3 is 9.64 Å². The smallest absolute Gasteiger partial charge is 0.410 e. The number of hydrogen-bond acceptors (Lipinski definition) is 4. The second kappa shape index (κ2) is 5.52. The molecule has 2 fully saturated rings. The fourth-order valence-corrected chi connectivity index (χ4v) is 4.00. The van der Waals surface area contributed by atoms with Crippen molar-refractivity contribution in [2.24, 2.45) is 0 Å². The van der Waals surface area contributed by atoms with Crippen LogP contribution in [0.2, 0.25) is 0 Å². The van der Waals surface area contributed by atoms with Crippen LogP contribution < -0.4 is 0 Å². The molecule has 1 aromatic rings. The molecule has 3 rings (SSSR count). The van der Waals surface area contributed by atoms with Crippen LogP contribution in [0.25, 0.3) is 0 Å². The number of piperidine rings is 1. The molecule has 0 atom stereocenters. The highest BCUT2D eigenvalue weighted by Gasteiger charge is 2.37. The van der Waals surface area contributed by atoms with E-state index < -0.39 is 5.60 Å². The molecule has 122 valence electrons. The highest BCUT2D eigenvalue weighted by molar-refractivity contribution is 7.09. The fraction of sp³-hybridized carbons (Fsp3) is 0.765. The lowest BCUT2D eigenvalue weighted by Gasteiger charge is -2.38. The van der Waals surface area contributed by atoms with Gasteiger partial charge in [0.1, 0.15) is 5.60 Å². The lowest BCUT2D eigenvalue weighted by molar-refractivity contribution is 0.0170. The van der Waals surface area contributed by atoms with Crippen molar-refractivity contribution in [1.82, 2.24) is 9.88 Å². The maximum atomic E-state index is 12.2. The Labute approximate surface area is 136 Å². The Kier molecular flexibility index (Phi) is 3.96. The molecule has 1 saturated carbocycles. The molecule has 2 heterocycles. The van der Waals surface area contributed by atoms with Crippen LogP contribution in [-0.4, -0.2) is 34.7 Å². The lowest BCUT2D eigenvalue weighted by atomic mass is 9.78. The van der Waals surface area contributed by atoms with Crippen LogP contribution in [0.15, 0.2) is 5.38 Å². The third kappa shape index (κ3) is 3.45. The zero-order chi connectivity index (χ0) is 16.0. The van der Waals surface area contributed by atoms with E-state index in [9.17, 15) is 4.79 Å². The molecule has 22 heavy (non-hydrogen) atoms. The molecule has 1 saturated heterocycles. The van der Waals surface area contributed by atoms with Crippen molar-refractivity contribution in [3.05, 3.63) is 16.1 Å². The minimum absolute atomic E-state index is 0.0994.